The van der Waals surface area contributed by atoms with E-state index in [0.717, 1.165) is 43.9 Å². The number of amides is 2. The van der Waals surface area contributed by atoms with Crippen molar-refractivity contribution in [3.8, 4) is 5.75 Å². The summed E-state index contributed by atoms with van der Waals surface area (Å²) in [5.41, 5.74) is 0.900. The summed E-state index contributed by atoms with van der Waals surface area (Å²) in [7, 11) is 0. The molecule has 0 unspecified atom stereocenters. The Bertz CT molecular complexity index is 664. The van der Waals surface area contributed by atoms with Crippen molar-refractivity contribution in [2.45, 2.75) is 39.2 Å². The van der Waals surface area contributed by atoms with Crippen molar-refractivity contribution in [2.75, 3.05) is 37.6 Å². The first-order chi connectivity index (χ1) is 11.9. The summed E-state index contributed by atoms with van der Waals surface area (Å²) in [6.07, 6.45) is 1.30. The molecule has 6 nitrogen and oxygen atoms in total. The number of ether oxygens (including phenoxy) is 1. The summed E-state index contributed by atoms with van der Waals surface area (Å²) in [5.74, 6) is 0.701. The van der Waals surface area contributed by atoms with Gasteiger partial charge in [-0.25, -0.2) is 0 Å². The number of aryl methyl sites for hydroxylation is 1. The molecule has 3 rings (SSSR count). The summed E-state index contributed by atoms with van der Waals surface area (Å²) in [4.78, 5) is 29.0. The monoisotopic (exact) mass is 345 g/mol. The van der Waals surface area contributed by atoms with Crippen LogP contribution in [0.25, 0.3) is 0 Å². The molecule has 25 heavy (non-hydrogen) atoms. The third-order valence-electron chi connectivity index (χ3n) is 4.77. The summed E-state index contributed by atoms with van der Waals surface area (Å²) in [6, 6.07) is 5.81. The molecule has 2 amide bonds. The molecule has 1 saturated heterocycles. The van der Waals surface area contributed by atoms with E-state index in [2.05, 4.69) is 5.32 Å². The van der Waals surface area contributed by atoms with E-state index in [4.69, 9.17) is 4.74 Å². The van der Waals surface area contributed by atoms with Crippen LogP contribution in [0.3, 0.4) is 0 Å². The number of carbonyl (C=O) groups excluding carboxylic acids is 2. The van der Waals surface area contributed by atoms with Crippen LogP contribution in [0.5, 0.6) is 5.75 Å². The minimum Gasteiger partial charge on any atom is -0.476 e. The Balaban J connectivity index is 1.75. The molecule has 2 aliphatic heterocycles. The minimum atomic E-state index is -0.919. The molecule has 136 valence electrons. The summed E-state index contributed by atoms with van der Waals surface area (Å²) >= 11 is 0. The predicted molar refractivity (Wildman–Crippen MR) is 96.9 cm³/mol. The maximum absolute atomic E-state index is 12.8. The fourth-order valence-electron chi connectivity index (χ4n) is 3.36. The number of benzene rings is 1. The lowest BCUT2D eigenvalue weighted by Crippen LogP contribution is -2.53. The molecule has 2 aliphatic rings. The Labute approximate surface area is 149 Å². The average Bonchev–Trinajstić information content (AvgIpc) is 2.85. The van der Waals surface area contributed by atoms with E-state index < -0.39 is 5.60 Å². The normalized spacial score (nSPS) is 19.9. The molecule has 0 bridgehead atoms. The number of hydrogen-bond acceptors (Lipinski definition) is 4. The van der Waals surface area contributed by atoms with Gasteiger partial charge in [0.15, 0.2) is 5.60 Å². The summed E-state index contributed by atoms with van der Waals surface area (Å²) in [6.45, 7) is 9.20. The molecule has 0 aromatic heterocycles. The van der Waals surface area contributed by atoms with Crippen LogP contribution in [-0.2, 0) is 9.59 Å². The van der Waals surface area contributed by atoms with Crippen LogP contribution in [0.1, 0.15) is 32.3 Å². The van der Waals surface area contributed by atoms with Crippen LogP contribution in [-0.4, -0.2) is 55.0 Å². The van der Waals surface area contributed by atoms with Gasteiger partial charge < -0.3 is 19.9 Å². The van der Waals surface area contributed by atoms with E-state index in [-0.39, 0.29) is 11.8 Å². The van der Waals surface area contributed by atoms with E-state index >= 15 is 0 Å². The van der Waals surface area contributed by atoms with Gasteiger partial charge in [0.25, 0.3) is 5.91 Å². The van der Waals surface area contributed by atoms with Crippen LogP contribution in [0, 0.1) is 6.92 Å². The van der Waals surface area contributed by atoms with Crippen molar-refractivity contribution in [3.63, 3.8) is 0 Å². The number of nitrogens with one attached hydrogen (secondary N) is 1. The van der Waals surface area contributed by atoms with Crippen LogP contribution in [0.2, 0.25) is 0 Å². The molecule has 0 saturated carbocycles. The zero-order valence-electron chi connectivity index (χ0n) is 15.3. The van der Waals surface area contributed by atoms with E-state index in [9.17, 15) is 9.59 Å². The molecule has 1 aromatic rings. The Morgan fingerprint density at radius 3 is 2.88 bits per heavy atom. The topological polar surface area (TPSA) is 61.9 Å². The van der Waals surface area contributed by atoms with E-state index in [0.29, 0.717) is 18.7 Å². The average molecular weight is 345 g/mol. The molecular weight excluding hydrogens is 318 g/mol. The second-order valence-electron chi connectivity index (χ2n) is 7.27. The molecule has 0 radical (unpaired) electrons. The largest absolute Gasteiger partial charge is 0.476 e. The lowest BCUT2D eigenvalue weighted by molar-refractivity contribution is -0.133. The first kappa shape index (κ1) is 17.7. The number of hydrogen-bond donors (Lipinski definition) is 1. The first-order valence-corrected chi connectivity index (χ1v) is 8.98. The minimum absolute atomic E-state index is 0.101. The maximum Gasteiger partial charge on any atom is 0.270 e. The van der Waals surface area contributed by atoms with Crippen molar-refractivity contribution in [3.05, 3.63) is 23.8 Å². The Kier molecular flexibility index (Phi) is 4.99. The van der Waals surface area contributed by atoms with Crippen molar-refractivity contribution >= 4 is 17.5 Å². The van der Waals surface area contributed by atoms with E-state index in [1.165, 1.54) is 0 Å². The molecule has 0 atom stereocenters. The standard InChI is InChI=1S/C19H27N3O3/c1-14-5-6-16-15(13-14)22(18(24)19(2,3)25-16)11-7-17(23)21-10-4-8-20-9-12-21/h5-6,13,20H,4,7-12H2,1-3H3. The first-order valence-electron chi connectivity index (χ1n) is 8.98. The lowest BCUT2D eigenvalue weighted by atomic mass is 10.0. The van der Waals surface area contributed by atoms with Gasteiger partial charge >= 0.3 is 0 Å². The Morgan fingerprint density at radius 1 is 1.28 bits per heavy atom. The lowest BCUT2D eigenvalue weighted by Gasteiger charge is -2.39. The van der Waals surface area contributed by atoms with Crippen LogP contribution >= 0.6 is 0 Å². The molecular formula is C19H27N3O3. The van der Waals surface area contributed by atoms with Gasteiger partial charge in [0, 0.05) is 32.6 Å². The second-order valence-corrected chi connectivity index (χ2v) is 7.27. The third-order valence-corrected chi connectivity index (χ3v) is 4.77. The third kappa shape index (κ3) is 3.79. The molecule has 1 N–H and O–H groups in total. The second kappa shape index (κ2) is 7.04. The van der Waals surface area contributed by atoms with E-state index in [1.807, 2.05) is 30.0 Å². The number of anilines is 1. The molecule has 1 aromatic carbocycles. The maximum atomic E-state index is 12.8. The highest BCUT2D eigenvalue weighted by molar-refractivity contribution is 6.02. The number of fused-ring (bicyclic) bond motifs is 1. The SMILES string of the molecule is Cc1ccc2c(c1)N(CCC(=O)N1CCCNCC1)C(=O)C(C)(C)O2. The molecule has 2 heterocycles. The fourth-order valence-corrected chi connectivity index (χ4v) is 3.36. The quantitative estimate of drug-likeness (QED) is 0.906. The van der Waals surface area contributed by atoms with Crippen molar-refractivity contribution in [1.82, 2.24) is 10.2 Å². The molecule has 1 fully saturated rings. The highest BCUT2D eigenvalue weighted by Gasteiger charge is 2.41. The Hall–Kier alpha value is -2.08. The zero-order chi connectivity index (χ0) is 18.0. The number of nitrogens with zero attached hydrogens (tertiary/aromatic N) is 2. The van der Waals surface area contributed by atoms with Gasteiger partial charge in [-0.1, -0.05) is 6.07 Å². The summed E-state index contributed by atoms with van der Waals surface area (Å²) < 4.78 is 5.86. The number of rotatable bonds is 3. The smallest absolute Gasteiger partial charge is 0.270 e. The summed E-state index contributed by atoms with van der Waals surface area (Å²) in [5, 5.41) is 3.30. The van der Waals surface area contributed by atoms with Crippen molar-refractivity contribution in [1.29, 1.82) is 0 Å². The highest BCUT2D eigenvalue weighted by atomic mass is 16.5. The van der Waals surface area contributed by atoms with Crippen LogP contribution in [0.15, 0.2) is 18.2 Å². The van der Waals surface area contributed by atoms with Crippen LogP contribution in [0.4, 0.5) is 5.69 Å². The van der Waals surface area contributed by atoms with E-state index in [1.54, 1.807) is 18.7 Å². The van der Waals surface area contributed by atoms with Gasteiger partial charge in [-0.05, 0) is 51.4 Å². The Morgan fingerprint density at radius 2 is 2.08 bits per heavy atom. The molecule has 0 aliphatic carbocycles. The van der Waals surface area contributed by atoms with Gasteiger partial charge in [0.1, 0.15) is 5.75 Å². The van der Waals surface area contributed by atoms with Crippen molar-refractivity contribution in [2.24, 2.45) is 0 Å². The van der Waals surface area contributed by atoms with Gasteiger partial charge in [0.05, 0.1) is 5.69 Å². The fraction of sp³-hybridized carbons (Fsp3) is 0.579. The van der Waals surface area contributed by atoms with Gasteiger partial charge in [0.2, 0.25) is 5.91 Å². The van der Waals surface area contributed by atoms with Gasteiger partial charge in [-0.15, -0.1) is 0 Å². The molecule has 0 spiro atoms. The van der Waals surface area contributed by atoms with Gasteiger partial charge in [-0.2, -0.15) is 0 Å². The zero-order valence-corrected chi connectivity index (χ0v) is 15.3. The highest BCUT2D eigenvalue weighted by Crippen LogP contribution is 2.38. The van der Waals surface area contributed by atoms with Gasteiger partial charge in [-0.3, -0.25) is 9.59 Å². The predicted octanol–water partition coefficient (Wildman–Crippen LogP) is 1.71. The molecule has 6 heteroatoms. The number of carbonyl (C=O) groups is 2. The van der Waals surface area contributed by atoms with Crippen LogP contribution < -0.4 is 15.0 Å². The van der Waals surface area contributed by atoms with Crippen molar-refractivity contribution < 1.29 is 14.3 Å².